The molecule has 0 aliphatic carbocycles. The molecule has 1 aromatic heterocycles. The maximum Gasteiger partial charge on any atom is 0.135 e. The smallest absolute Gasteiger partial charge is 0.135 e. The number of aromatic nitrogens is 2. The lowest BCUT2D eigenvalue weighted by molar-refractivity contribution is 0.391. The molecule has 0 aromatic carbocycles. The number of aryl methyl sites for hydroxylation is 1. The minimum Gasteiger partial charge on any atom is -0.370 e. The van der Waals surface area contributed by atoms with Crippen LogP contribution in [-0.4, -0.2) is 48.1 Å². The highest BCUT2D eigenvalue weighted by atomic mass is 15.1. The second-order valence-corrected chi connectivity index (χ2v) is 5.55. The molecule has 1 heterocycles. The molecule has 0 bridgehead atoms. The third-order valence-corrected chi connectivity index (χ3v) is 3.03. The Bertz CT molecular complexity index is 417. The van der Waals surface area contributed by atoms with Gasteiger partial charge in [-0.15, -0.1) is 0 Å². The normalized spacial score (nSPS) is 12.6. The molecule has 20 heavy (non-hydrogen) atoms. The van der Waals surface area contributed by atoms with E-state index in [0.717, 1.165) is 49.0 Å². The highest BCUT2D eigenvalue weighted by Crippen LogP contribution is 2.21. The Morgan fingerprint density at radius 2 is 1.80 bits per heavy atom. The van der Waals surface area contributed by atoms with Crippen LogP contribution >= 0.6 is 0 Å². The van der Waals surface area contributed by atoms with E-state index in [1.807, 2.05) is 0 Å². The average Bonchev–Trinajstić information content (AvgIpc) is 2.34. The Labute approximate surface area is 123 Å². The Hall–Kier alpha value is -1.36. The predicted molar refractivity (Wildman–Crippen MR) is 86.6 cm³/mol. The second kappa shape index (κ2) is 8.04. The largest absolute Gasteiger partial charge is 0.370 e. The van der Waals surface area contributed by atoms with Gasteiger partial charge in [0.25, 0.3) is 0 Å². The van der Waals surface area contributed by atoms with Crippen LogP contribution < -0.4 is 10.6 Å². The van der Waals surface area contributed by atoms with Gasteiger partial charge in [0.1, 0.15) is 17.5 Å². The Balaban J connectivity index is 2.97. The summed E-state index contributed by atoms with van der Waals surface area (Å²) >= 11 is 0. The van der Waals surface area contributed by atoms with Crippen LogP contribution in [0, 0.1) is 6.92 Å². The number of rotatable bonds is 8. The molecular weight excluding hydrogens is 250 g/mol. The van der Waals surface area contributed by atoms with Crippen LogP contribution in [0.25, 0.3) is 0 Å². The summed E-state index contributed by atoms with van der Waals surface area (Å²) in [5.74, 6) is 2.81. The van der Waals surface area contributed by atoms with Crippen molar-refractivity contribution in [1.29, 1.82) is 0 Å². The minimum atomic E-state index is 0.350. The molecule has 1 unspecified atom stereocenters. The van der Waals surface area contributed by atoms with E-state index < -0.39 is 0 Å². The fraction of sp³-hybridized carbons (Fsp3) is 0.733. The number of nitrogens with one attached hydrogen (secondary N) is 2. The van der Waals surface area contributed by atoms with Gasteiger partial charge < -0.3 is 15.5 Å². The van der Waals surface area contributed by atoms with E-state index in [1.54, 1.807) is 0 Å². The molecule has 2 N–H and O–H groups in total. The summed E-state index contributed by atoms with van der Waals surface area (Å²) in [7, 11) is 4.16. The first-order valence-electron chi connectivity index (χ1n) is 7.50. The predicted octanol–water partition coefficient (Wildman–Crippen LogP) is 2.53. The van der Waals surface area contributed by atoms with Crippen molar-refractivity contribution < 1.29 is 0 Å². The summed E-state index contributed by atoms with van der Waals surface area (Å²) in [5.41, 5.74) is 1.09. The molecule has 0 radical (unpaired) electrons. The van der Waals surface area contributed by atoms with Crippen molar-refractivity contribution in [3.63, 3.8) is 0 Å². The van der Waals surface area contributed by atoms with Crippen molar-refractivity contribution in [3.05, 3.63) is 11.4 Å². The zero-order chi connectivity index (χ0) is 15.1. The molecule has 0 amide bonds. The first-order chi connectivity index (χ1) is 9.47. The van der Waals surface area contributed by atoms with Crippen LogP contribution in [0.15, 0.2) is 0 Å². The standard InChI is InChI=1S/C15H29N5/c1-7-9-13-18-14(16-8-2)12(4)15(19-13)17-11(3)10-20(5)6/h11H,7-10H2,1-6H3,(H2,16,17,18,19). The Morgan fingerprint density at radius 1 is 1.15 bits per heavy atom. The van der Waals surface area contributed by atoms with Crippen molar-refractivity contribution in [2.24, 2.45) is 0 Å². The molecule has 114 valence electrons. The van der Waals surface area contributed by atoms with Crippen LogP contribution in [0.2, 0.25) is 0 Å². The van der Waals surface area contributed by atoms with Gasteiger partial charge in [-0.2, -0.15) is 0 Å². The number of hydrogen-bond donors (Lipinski definition) is 2. The monoisotopic (exact) mass is 279 g/mol. The lowest BCUT2D eigenvalue weighted by Crippen LogP contribution is -2.30. The maximum absolute atomic E-state index is 4.67. The maximum atomic E-state index is 4.67. The van der Waals surface area contributed by atoms with Gasteiger partial charge in [0.05, 0.1) is 0 Å². The molecule has 5 nitrogen and oxygen atoms in total. The molecular formula is C15H29N5. The number of nitrogens with zero attached hydrogens (tertiary/aromatic N) is 3. The minimum absolute atomic E-state index is 0.350. The van der Waals surface area contributed by atoms with E-state index in [2.05, 4.69) is 67.3 Å². The number of hydrogen-bond acceptors (Lipinski definition) is 5. The molecule has 0 spiro atoms. The molecule has 0 saturated carbocycles. The molecule has 1 atom stereocenters. The second-order valence-electron chi connectivity index (χ2n) is 5.55. The van der Waals surface area contributed by atoms with E-state index in [4.69, 9.17) is 0 Å². The van der Waals surface area contributed by atoms with Gasteiger partial charge in [0, 0.05) is 31.1 Å². The van der Waals surface area contributed by atoms with Gasteiger partial charge in [-0.1, -0.05) is 6.92 Å². The highest BCUT2D eigenvalue weighted by molar-refractivity contribution is 5.57. The fourth-order valence-corrected chi connectivity index (χ4v) is 2.21. The van der Waals surface area contributed by atoms with Crippen LogP contribution in [0.4, 0.5) is 11.6 Å². The first-order valence-corrected chi connectivity index (χ1v) is 7.50. The molecule has 0 aliphatic heterocycles. The summed E-state index contributed by atoms with van der Waals surface area (Å²) in [6, 6.07) is 0.350. The number of anilines is 2. The van der Waals surface area contributed by atoms with Crippen molar-refractivity contribution in [2.45, 2.75) is 46.6 Å². The zero-order valence-corrected chi connectivity index (χ0v) is 13.7. The Kier molecular flexibility index (Phi) is 6.71. The average molecular weight is 279 g/mol. The van der Waals surface area contributed by atoms with Gasteiger partial charge in [-0.3, -0.25) is 0 Å². The molecule has 0 fully saturated rings. The van der Waals surface area contributed by atoms with Gasteiger partial charge in [-0.25, -0.2) is 9.97 Å². The van der Waals surface area contributed by atoms with Crippen LogP contribution in [-0.2, 0) is 6.42 Å². The fourth-order valence-electron chi connectivity index (χ4n) is 2.21. The molecule has 5 heteroatoms. The van der Waals surface area contributed by atoms with E-state index in [0.29, 0.717) is 6.04 Å². The quantitative estimate of drug-likeness (QED) is 0.766. The SMILES string of the molecule is CCCc1nc(NCC)c(C)c(NC(C)CN(C)C)n1. The van der Waals surface area contributed by atoms with Crippen LogP contribution in [0.1, 0.15) is 38.6 Å². The number of likely N-dealkylation sites (N-methyl/N-ethyl adjacent to an activating group) is 1. The van der Waals surface area contributed by atoms with Crippen molar-refractivity contribution in [3.8, 4) is 0 Å². The van der Waals surface area contributed by atoms with Crippen molar-refractivity contribution in [1.82, 2.24) is 14.9 Å². The summed E-state index contributed by atoms with van der Waals surface area (Å²) in [5, 5.41) is 6.83. The molecule has 1 aromatic rings. The topological polar surface area (TPSA) is 53.1 Å². The van der Waals surface area contributed by atoms with E-state index in [9.17, 15) is 0 Å². The summed E-state index contributed by atoms with van der Waals surface area (Å²) in [6.45, 7) is 10.3. The molecule has 0 aliphatic rings. The van der Waals surface area contributed by atoms with E-state index in [-0.39, 0.29) is 0 Å². The molecule has 1 rings (SSSR count). The van der Waals surface area contributed by atoms with Crippen LogP contribution in [0.5, 0.6) is 0 Å². The molecule has 0 saturated heterocycles. The van der Waals surface area contributed by atoms with Crippen molar-refractivity contribution in [2.75, 3.05) is 37.8 Å². The van der Waals surface area contributed by atoms with Crippen LogP contribution in [0.3, 0.4) is 0 Å². The van der Waals surface area contributed by atoms with Gasteiger partial charge in [-0.05, 0) is 41.3 Å². The lowest BCUT2D eigenvalue weighted by Gasteiger charge is -2.21. The van der Waals surface area contributed by atoms with E-state index >= 15 is 0 Å². The van der Waals surface area contributed by atoms with E-state index in [1.165, 1.54) is 0 Å². The lowest BCUT2D eigenvalue weighted by atomic mass is 10.2. The first kappa shape index (κ1) is 16.7. The third-order valence-electron chi connectivity index (χ3n) is 3.03. The van der Waals surface area contributed by atoms with Gasteiger partial charge in [0.2, 0.25) is 0 Å². The summed E-state index contributed by atoms with van der Waals surface area (Å²) in [6.07, 6.45) is 1.97. The van der Waals surface area contributed by atoms with Gasteiger partial charge >= 0.3 is 0 Å². The van der Waals surface area contributed by atoms with Crippen molar-refractivity contribution >= 4 is 11.6 Å². The summed E-state index contributed by atoms with van der Waals surface area (Å²) < 4.78 is 0. The van der Waals surface area contributed by atoms with Gasteiger partial charge in [0.15, 0.2) is 0 Å². The Morgan fingerprint density at radius 3 is 2.35 bits per heavy atom. The highest BCUT2D eigenvalue weighted by Gasteiger charge is 2.12. The summed E-state index contributed by atoms with van der Waals surface area (Å²) in [4.78, 5) is 11.5. The third kappa shape index (κ3) is 4.96. The zero-order valence-electron chi connectivity index (χ0n) is 13.7.